The lowest BCUT2D eigenvalue weighted by molar-refractivity contribution is 0.590. The lowest BCUT2D eigenvalue weighted by Gasteiger charge is -2.20. The highest BCUT2D eigenvalue weighted by Gasteiger charge is 2.23. The summed E-state index contributed by atoms with van der Waals surface area (Å²) in [6.45, 7) is 6.60. The molecule has 112 valence electrons. The Kier molecular flexibility index (Phi) is 3.41. The molecule has 3 heteroatoms. The number of aryl methyl sites for hydroxylation is 1. The van der Waals surface area contributed by atoms with Gasteiger partial charge in [0.15, 0.2) is 0 Å². The van der Waals surface area contributed by atoms with Crippen LogP contribution in [0.1, 0.15) is 49.6 Å². The monoisotopic (exact) mass is 291 g/mol. The topological polar surface area (TPSA) is 62.7 Å². The Labute approximate surface area is 131 Å². The summed E-state index contributed by atoms with van der Waals surface area (Å²) in [5.74, 6) is 0.359. The molecule has 0 spiro atoms. The van der Waals surface area contributed by atoms with E-state index >= 15 is 0 Å². The van der Waals surface area contributed by atoms with Crippen LogP contribution in [0, 0.1) is 11.3 Å². The Balaban J connectivity index is 2.18. The number of aromatic nitrogens is 1. The van der Waals surface area contributed by atoms with E-state index < -0.39 is 0 Å². The molecule has 0 saturated carbocycles. The minimum Gasteiger partial charge on any atom is -0.383 e. The van der Waals surface area contributed by atoms with Crippen LogP contribution < -0.4 is 5.73 Å². The molecule has 0 fully saturated rings. The lowest BCUT2D eigenvalue weighted by Crippen LogP contribution is -2.10. The van der Waals surface area contributed by atoms with Crippen molar-refractivity contribution in [2.24, 2.45) is 0 Å². The maximum atomic E-state index is 9.51. The van der Waals surface area contributed by atoms with Gasteiger partial charge in [0, 0.05) is 11.3 Å². The van der Waals surface area contributed by atoms with Crippen molar-refractivity contribution >= 4 is 5.82 Å². The highest BCUT2D eigenvalue weighted by molar-refractivity contribution is 5.79. The van der Waals surface area contributed by atoms with Gasteiger partial charge in [-0.1, -0.05) is 45.0 Å². The van der Waals surface area contributed by atoms with Gasteiger partial charge < -0.3 is 5.73 Å². The molecular formula is C19H21N3. The molecule has 2 N–H and O–H groups in total. The normalized spacial score (nSPS) is 13.7. The van der Waals surface area contributed by atoms with Crippen molar-refractivity contribution in [2.45, 2.75) is 45.4 Å². The van der Waals surface area contributed by atoms with E-state index in [4.69, 9.17) is 5.73 Å². The van der Waals surface area contributed by atoms with Crippen LogP contribution >= 0.6 is 0 Å². The number of nitrogens with two attached hydrogens (primary N) is 1. The predicted molar refractivity (Wildman–Crippen MR) is 89.5 cm³/mol. The molecular weight excluding hydrogens is 270 g/mol. The van der Waals surface area contributed by atoms with Crippen LogP contribution in [0.2, 0.25) is 0 Å². The second kappa shape index (κ2) is 5.14. The van der Waals surface area contributed by atoms with Crippen molar-refractivity contribution < 1.29 is 0 Å². The van der Waals surface area contributed by atoms with E-state index in [1.807, 2.05) is 0 Å². The first-order valence-electron chi connectivity index (χ1n) is 7.74. The Bertz CT molecular complexity index is 758. The second-order valence-electron chi connectivity index (χ2n) is 6.96. The van der Waals surface area contributed by atoms with E-state index in [0.717, 1.165) is 36.1 Å². The van der Waals surface area contributed by atoms with E-state index in [2.05, 4.69) is 56.1 Å². The molecule has 0 aliphatic heterocycles. The highest BCUT2D eigenvalue weighted by atomic mass is 14.9. The van der Waals surface area contributed by atoms with E-state index in [-0.39, 0.29) is 5.41 Å². The smallest absolute Gasteiger partial charge is 0.142 e. The molecule has 0 radical (unpaired) electrons. The Morgan fingerprint density at radius 1 is 1.14 bits per heavy atom. The molecule has 1 aromatic heterocycles. The largest absolute Gasteiger partial charge is 0.383 e. The third-order valence-electron chi connectivity index (χ3n) is 4.40. The summed E-state index contributed by atoms with van der Waals surface area (Å²) in [6.07, 6.45) is 3.02. The first-order chi connectivity index (χ1) is 10.4. The quantitative estimate of drug-likeness (QED) is 0.864. The second-order valence-corrected chi connectivity index (χ2v) is 6.96. The fourth-order valence-electron chi connectivity index (χ4n) is 3.17. The fourth-order valence-corrected chi connectivity index (χ4v) is 3.17. The molecule has 1 aliphatic rings. The number of nitrogens with zero attached hydrogens (tertiary/aromatic N) is 2. The van der Waals surface area contributed by atoms with Crippen LogP contribution in [0.25, 0.3) is 11.1 Å². The third kappa shape index (κ3) is 2.35. The lowest BCUT2D eigenvalue weighted by atomic mass is 9.85. The average Bonchev–Trinajstić information content (AvgIpc) is 2.92. The van der Waals surface area contributed by atoms with Crippen molar-refractivity contribution in [3.63, 3.8) is 0 Å². The van der Waals surface area contributed by atoms with Gasteiger partial charge in [0.2, 0.25) is 0 Å². The molecule has 0 atom stereocenters. The minimum atomic E-state index is 0.121. The number of fused-ring (bicyclic) bond motifs is 1. The van der Waals surface area contributed by atoms with Gasteiger partial charge in [-0.2, -0.15) is 5.26 Å². The van der Waals surface area contributed by atoms with Gasteiger partial charge in [-0.25, -0.2) is 4.98 Å². The Morgan fingerprint density at radius 2 is 1.82 bits per heavy atom. The van der Waals surface area contributed by atoms with Crippen molar-refractivity contribution in [3.8, 4) is 17.2 Å². The molecule has 3 nitrogen and oxygen atoms in total. The summed E-state index contributed by atoms with van der Waals surface area (Å²) in [6, 6.07) is 10.8. The Hall–Kier alpha value is -2.34. The summed E-state index contributed by atoms with van der Waals surface area (Å²) < 4.78 is 0. The molecule has 1 aliphatic carbocycles. The zero-order valence-electron chi connectivity index (χ0n) is 13.4. The molecule has 0 bridgehead atoms. The zero-order chi connectivity index (χ0) is 15.9. The van der Waals surface area contributed by atoms with Gasteiger partial charge in [-0.3, -0.25) is 0 Å². The SMILES string of the molecule is CC(C)(C)c1ccc(-c2c(C#N)c(N)nc3c2CCC3)cc1. The van der Waals surface area contributed by atoms with Crippen molar-refractivity contribution in [1.82, 2.24) is 4.98 Å². The van der Waals surface area contributed by atoms with E-state index in [9.17, 15) is 5.26 Å². The molecule has 0 unspecified atom stereocenters. The van der Waals surface area contributed by atoms with Crippen molar-refractivity contribution in [3.05, 3.63) is 46.6 Å². The number of nitriles is 1. The van der Waals surface area contributed by atoms with Gasteiger partial charge in [0.1, 0.15) is 17.5 Å². The van der Waals surface area contributed by atoms with E-state index in [1.165, 1.54) is 11.1 Å². The Morgan fingerprint density at radius 3 is 2.41 bits per heavy atom. The molecule has 1 aromatic carbocycles. The molecule has 0 amide bonds. The van der Waals surface area contributed by atoms with Crippen LogP contribution in [0.4, 0.5) is 5.82 Å². The number of hydrogen-bond acceptors (Lipinski definition) is 3. The standard InChI is InChI=1S/C19H21N3/c1-19(2,3)13-9-7-12(8-10-13)17-14-5-4-6-16(14)22-18(21)15(17)11-20/h7-10H,4-6H2,1-3H3,(H2,21,22). The average molecular weight is 291 g/mol. The molecule has 1 heterocycles. The number of nitrogen functional groups attached to an aromatic ring is 1. The molecule has 2 aromatic rings. The number of benzene rings is 1. The van der Waals surface area contributed by atoms with Gasteiger partial charge in [-0.15, -0.1) is 0 Å². The van der Waals surface area contributed by atoms with Crippen LogP contribution in [-0.4, -0.2) is 4.98 Å². The minimum absolute atomic E-state index is 0.121. The third-order valence-corrected chi connectivity index (χ3v) is 4.40. The predicted octanol–water partition coefficient (Wildman–Crippen LogP) is 3.99. The van der Waals surface area contributed by atoms with Gasteiger partial charge in [0.25, 0.3) is 0 Å². The van der Waals surface area contributed by atoms with Gasteiger partial charge in [0.05, 0.1) is 0 Å². The number of hydrogen-bond donors (Lipinski definition) is 1. The number of rotatable bonds is 1. The first kappa shape index (κ1) is 14.6. The summed E-state index contributed by atoms with van der Waals surface area (Å²) in [5.41, 5.74) is 12.3. The molecule has 0 saturated heterocycles. The van der Waals surface area contributed by atoms with Crippen LogP contribution in [0.3, 0.4) is 0 Å². The number of anilines is 1. The van der Waals surface area contributed by atoms with Gasteiger partial charge >= 0.3 is 0 Å². The zero-order valence-corrected chi connectivity index (χ0v) is 13.4. The summed E-state index contributed by atoms with van der Waals surface area (Å²) in [4.78, 5) is 4.42. The summed E-state index contributed by atoms with van der Waals surface area (Å²) in [5, 5.41) is 9.51. The summed E-state index contributed by atoms with van der Waals surface area (Å²) in [7, 11) is 0. The molecule has 3 rings (SSSR count). The van der Waals surface area contributed by atoms with Crippen LogP contribution in [-0.2, 0) is 18.3 Å². The van der Waals surface area contributed by atoms with Crippen molar-refractivity contribution in [1.29, 1.82) is 5.26 Å². The maximum Gasteiger partial charge on any atom is 0.142 e. The fraction of sp³-hybridized carbons (Fsp3) is 0.368. The maximum absolute atomic E-state index is 9.51. The van der Waals surface area contributed by atoms with E-state index in [0.29, 0.717) is 11.4 Å². The van der Waals surface area contributed by atoms with Crippen molar-refractivity contribution in [2.75, 3.05) is 5.73 Å². The van der Waals surface area contributed by atoms with Crippen LogP contribution in [0.5, 0.6) is 0 Å². The first-order valence-corrected chi connectivity index (χ1v) is 7.74. The molecule has 22 heavy (non-hydrogen) atoms. The highest BCUT2D eigenvalue weighted by Crippen LogP contribution is 2.37. The van der Waals surface area contributed by atoms with Gasteiger partial charge in [-0.05, 0) is 41.4 Å². The summed E-state index contributed by atoms with van der Waals surface area (Å²) >= 11 is 0. The number of pyridine rings is 1. The van der Waals surface area contributed by atoms with Crippen LogP contribution in [0.15, 0.2) is 24.3 Å². The van der Waals surface area contributed by atoms with E-state index in [1.54, 1.807) is 0 Å².